The van der Waals surface area contributed by atoms with Crippen molar-refractivity contribution < 1.29 is 18.9 Å². The molecule has 0 saturated heterocycles. The molecule has 2 heterocycles. The molecule has 10 nitrogen and oxygen atoms in total. The summed E-state index contributed by atoms with van der Waals surface area (Å²) >= 11 is 5.89. The number of ether oxygens (including phenoxy) is 1. The van der Waals surface area contributed by atoms with Gasteiger partial charge in [-0.2, -0.15) is 10.2 Å². The molecular weight excluding hydrogens is 378 g/mol. The fourth-order valence-electron chi connectivity index (χ4n) is 2.15. The number of rotatable bonds is 5. The molecule has 0 saturated carbocycles. The highest BCUT2D eigenvalue weighted by atomic mass is 35.5. The van der Waals surface area contributed by atoms with Crippen LogP contribution in [0.25, 0.3) is 17.1 Å². The molecule has 1 amide bonds. The molecule has 27 heavy (non-hydrogen) atoms. The molecule has 3 aromatic rings. The van der Waals surface area contributed by atoms with Crippen molar-refractivity contribution in [2.45, 2.75) is 0 Å². The second-order valence-corrected chi connectivity index (χ2v) is 5.55. The Morgan fingerprint density at radius 2 is 2.11 bits per heavy atom. The summed E-state index contributed by atoms with van der Waals surface area (Å²) in [7, 11) is 1.21. The molecular formula is C16H12ClN5O5. The van der Waals surface area contributed by atoms with Gasteiger partial charge in [-0.05, 0) is 30.3 Å². The number of methoxy groups -OCH3 is 1. The predicted molar refractivity (Wildman–Crippen MR) is 96.1 cm³/mol. The van der Waals surface area contributed by atoms with Crippen LogP contribution < -0.4 is 5.43 Å². The molecule has 1 N–H and O–H groups in total. The molecule has 0 aliphatic rings. The number of hydrazone groups is 1. The third-order valence-corrected chi connectivity index (χ3v) is 3.64. The van der Waals surface area contributed by atoms with Gasteiger partial charge in [-0.3, -0.25) is 10.1 Å². The number of hydrogen-bond donors (Lipinski definition) is 1. The van der Waals surface area contributed by atoms with Gasteiger partial charge in [-0.25, -0.2) is 14.9 Å². The summed E-state index contributed by atoms with van der Waals surface area (Å²) < 4.78 is 11.2. The third kappa shape index (κ3) is 4.12. The normalized spacial score (nSPS) is 10.9. The number of hydrogen-bond acceptors (Lipinski definition) is 7. The standard InChI is InChI=1S/C16H12ClN5O5/c1-26-16(23)19-18-8-10-9-21(12-4-2-11(17)3-5-12)20-15(10)13-6-7-14(27-13)22(24)25/h2-9H,1H3,(H,19,23)/b18-8+. The number of aromatic nitrogens is 2. The summed E-state index contributed by atoms with van der Waals surface area (Å²) in [5, 5.41) is 19.6. The molecule has 0 fully saturated rings. The van der Waals surface area contributed by atoms with E-state index in [0.717, 1.165) is 0 Å². The van der Waals surface area contributed by atoms with Gasteiger partial charge >= 0.3 is 12.0 Å². The van der Waals surface area contributed by atoms with E-state index in [1.165, 1.54) is 30.1 Å². The molecule has 0 radical (unpaired) electrons. The monoisotopic (exact) mass is 389 g/mol. The van der Waals surface area contributed by atoms with Gasteiger partial charge in [0.1, 0.15) is 10.6 Å². The lowest BCUT2D eigenvalue weighted by atomic mass is 10.2. The first-order chi connectivity index (χ1) is 13.0. The Labute approximate surface area is 157 Å². The third-order valence-electron chi connectivity index (χ3n) is 3.38. The molecule has 3 rings (SSSR count). The van der Waals surface area contributed by atoms with Crippen LogP contribution >= 0.6 is 11.6 Å². The summed E-state index contributed by atoms with van der Waals surface area (Å²) in [6.45, 7) is 0. The SMILES string of the molecule is COC(=O)N/N=C/c1cn(-c2ccc(Cl)cc2)nc1-c1ccc([N+](=O)[O-])o1. The minimum absolute atomic E-state index is 0.175. The van der Waals surface area contributed by atoms with E-state index >= 15 is 0 Å². The minimum atomic E-state index is -0.744. The van der Waals surface area contributed by atoms with E-state index < -0.39 is 16.9 Å². The molecule has 0 spiro atoms. The van der Waals surface area contributed by atoms with Gasteiger partial charge in [-0.1, -0.05) is 11.6 Å². The zero-order chi connectivity index (χ0) is 19.4. The van der Waals surface area contributed by atoms with E-state index in [-0.39, 0.29) is 5.76 Å². The summed E-state index contributed by atoms with van der Waals surface area (Å²) in [5.74, 6) is -0.240. The average molecular weight is 390 g/mol. The quantitative estimate of drug-likeness (QED) is 0.405. The Morgan fingerprint density at radius 1 is 1.37 bits per heavy atom. The van der Waals surface area contributed by atoms with E-state index in [0.29, 0.717) is 22.0 Å². The van der Waals surface area contributed by atoms with Gasteiger partial charge in [0.25, 0.3) is 0 Å². The maximum atomic E-state index is 11.1. The van der Waals surface area contributed by atoms with Crippen molar-refractivity contribution in [1.82, 2.24) is 15.2 Å². The maximum Gasteiger partial charge on any atom is 0.433 e. The van der Waals surface area contributed by atoms with Crippen LogP contribution in [0.15, 0.2) is 52.1 Å². The van der Waals surface area contributed by atoms with Gasteiger partial charge in [0.2, 0.25) is 0 Å². The zero-order valence-corrected chi connectivity index (χ0v) is 14.6. The fourth-order valence-corrected chi connectivity index (χ4v) is 2.28. The van der Waals surface area contributed by atoms with Crippen molar-refractivity contribution in [2.75, 3.05) is 7.11 Å². The number of halogens is 1. The minimum Gasteiger partial charge on any atom is -0.452 e. The number of furan rings is 1. The summed E-state index contributed by atoms with van der Waals surface area (Å²) in [4.78, 5) is 21.3. The van der Waals surface area contributed by atoms with Crippen molar-refractivity contribution in [3.8, 4) is 17.1 Å². The van der Waals surface area contributed by atoms with Crippen LogP contribution in [0.5, 0.6) is 0 Å². The Morgan fingerprint density at radius 3 is 2.74 bits per heavy atom. The highest BCUT2D eigenvalue weighted by Gasteiger charge is 2.19. The molecule has 2 aromatic heterocycles. The first-order valence-electron chi connectivity index (χ1n) is 7.45. The van der Waals surface area contributed by atoms with Crippen LogP contribution in [0, 0.1) is 10.1 Å². The van der Waals surface area contributed by atoms with Gasteiger partial charge in [0.15, 0.2) is 5.76 Å². The second kappa shape index (κ2) is 7.70. The average Bonchev–Trinajstić information content (AvgIpc) is 3.29. The molecule has 0 aliphatic carbocycles. The van der Waals surface area contributed by atoms with Crippen molar-refractivity contribution in [3.05, 3.63) is 63.3 Å². The van der Waals surface area contributed by atoms with E-state index in [1.807, 2.05) is 0 Å². The number of benzene rings is 1. The van der Waals surface area contributed by atoms with Gasteiger partial charge in [0, 0.05) is 16.8 Å². The van der Waals surface area contributed by atoms with Crippen molar-refractivity contribution >= 4 is 29.8 Å². The summed E-state index contributed by atoms with van der Waals surface area (Å²) in [5.41, 5.74) is 3.60. The number of carbonyl (C=O) groups is 1. The molecule has 0 bridgehead atoms. The zero-order valence-electron chi connectivity index (χ0n) is 13.8. The summed E-state index contributed by atoms with van der Waals surface area (Å²) in [6.07, 6.45) is 2.20. The van der Waals surface area contributed by atoms with Crippen LogP contribution in [0.4, 0.5) is 10.7 Å². The van der Waals surface area contributed by atoms with Crippen LogP contribution in [-0.2, 0) is 4.74 Å². The molecule has 11 heteroatoms. The number of nitrogens with one attached hydrogen (secondary N) is 1. The van der Waals surface area contributed by atoms with Crippen LogP contribution in [0.1, 0.15) is 5.56 Å². The largest absolute Gasteiger partial charge is 0.452 e. The predicted octanol–water partition coefficient (Wildman–Crippen LogP) is 3.38. The molecule has 1 aromatic carbocycles. The van der Waals surface area contributed by atoms with E-state index in [4.69, 9.17) is 16.0 Å². The number of carbonyl (C=O) groups excluding carboxylic acids is 1. The van der Waals surface area contributed by atoms with E-state index in [2.05, 4.69) is 20.4 Å². The van der Waals surface area contributed by atoms with Gasteiger partial charge < -0.3 is 9.15 Å². The highest BCUT2D eigenvalue weighted by Crippen LogP contribution is 2.28. The van der Waals surface area contributed by atoms with Gasteiger partial charge in [0.05, 0.1) is 25.1 Å². The lowest BCUT2D eigenvalue weighted by molar-refractivity contribution is -0.401. The highest BCUT2D eigenvalue weighted by molar-refractivity contribution is 6.30. The fraction of sp³-hybridized carbons (Fsp3) is 0.0625. The molecule has 0 atom stereocenters. The van der Waals surface area contributed by atoms with E-state index in [1.54, 1.807) is 30.5 Å². The second-order valence-electron chi connectivity index (χ2n) is 5.11. The first kappa shape index (κ1) is 18.1. The smallest absolute Gasteiger partial charge is 0.433 e. The lowest BCUT2D eigenvalue weighted by Gasteiger charge is -2.00. The van der Waals surface area contributed by atoms with E-state index in [9.17, 15) is 14.9 Å². The first-order valence-corrected chi connectivity index (χ1v) is 7.83. The topological polar surface area (TPSA) is 125 Å². The van der Waals surface area contributed by atoms with Crippen LogP contribution in [0.2, 0.25) is 5.02 Å². The van der Waals surface area contributed by atoms with Crippen LogP contribution in [0.3, 0.4) is 0 Å². The Hall–Kier alpha value is -3.66. The Balaban J connectivity index is 2.01. The lowest BCUT2D eigenvalue weighted by Crippen LogP contribution is -2.16. The van der Waals surface area contributed by atoms with Gasteiger partial charge in [-0.15, -0.1) is 0 Å². The van der Waals surface area contributed by atoms with Crippen molar-refractivity contribution in [1.29, 1.82) is 0 Å². The Bertz CT molecular complexity index is 1010. The van der Waals surface area contributed by atoms with Crippen molar-refractivity contribution in [3.63, 3.8) is 0 Å². The Kier molecular flexibility index (Phi) is 5.18. The number of nitrogens with zero attached hydrogens (tertiary/aromatic N) is 4. The molecule has 0 aliphatic heterocycles. The number of amides is 1. The summed E-state index contributed by atoms with van der Waals surface area (Å²) in [6, 6.07) is 9.54. The molecule has 138 valence electrons. The number of nitro groups is 1. The van der Waals surface area contributed by atoms with Crippen LogP contribution in [-0.4, -0.2) is 34.1 Å². The molecule has 0 unspecified atom stereocenters. The van der Waals surface area contributed by atoms with Crippen molar-refractivity contribution in [2.24, 2.45) is 5.10 Å². The maximum absolute atomic E-state index is 11.1.